The number of thiazole rings is 1. The predicted molar refractivity (Wildman–Crippen MR) is 155 cm³/mol. The minimum atomic E-state index is -0.0323. The van der Waals surface area contributed by atoms with Crippen LogP contribution < -0.4 is 5.32 Å². The van der Waals surface area contributed by atoms with E-state index in [-0.39, 0.29) is 11.7 Å². The summed E-state index contributed by atoms with van der Waals surface area (Å²) >= 11 is 9.74. The Hall–Kier alpha value is -2.20. The third-order valence-corrected chi connectivity index (χ3v) is 8.58. The van der Waals surface area contributed by atoms with Crippen molar-refractivity contribution in [2.45, 2.75) is 31.0 Å². The number of aryl methyl sites for hydroxylation is 2. The van der Waals surface area contributed by atoms with Gasteiger partial charge in [-0.2, -0.15) is 0 Å². The minimum absolute atomic E-state index is 0.0323. The van der Waals surface area contributed by atoms with Gasteiger partial charge in [-0.15, -0.1) is 11.3 Å². The molecule has 4 rings (SSSR count). The van der Waals surface area contributed by atoms with Crippen LogP contribution in [0.4, 0.5) is 11.4 Å². The standard InChI is InChI=1S/C26H23Br2N3O2S2/c1-3-15-6-5-7-16(4-2)24(15)31-23(32)14-34-26-30-21-9-8-19(12-22(21)35-26)29-13-17-10-18(27)11-20(28)25(17)33/h5-13,33H,3-4,14H2,1-2H3,(H,31,32). The number of hydrogen-bond acceptors (Lipinski definition) is 6. The van der Waals surface area contributed by atoms with E-state index in [4.69, 9.17) is 0 Å². The predicted octanol–water partition coefficient (Wildman–Crippen LogP) is 8.13. The molecule has 0 unspecified atom stereocenters. The second-order valence-corrected chi connectivity index (χ2v) is 11.7. The molecule has 5 nitrogen and oxygen atoms in total. The summed E-state index contributed by atoms with van der Waals surface area (Å²) in [7, 11) is 0. The molecule has 1 amide bonds. The van der Waals surface area contributed by atoms with Crippen LogP contribution >= 0.6 is 55.0 Å². The van der Waals surface area contributed by atoms with Gasteiger partial charge in [-0.3, -0.25) is 9.79 Å². The summed E-state index contributed by atoms with van der Waals surface area (Å²) < 4.78 is 3.27. The zero-order valence-electron chi connectivity index (χ0n) is 19.1. The van der Waals surface area contributed by atoms with E-state index in [2.05, 4.69) is 73.1 Å². The second kappa shape index (κ2) is 11.7. The van der Waals surface area contributed by atoms with Gasteiger partial charge in [-0.25, -0.2) is 4.98 Å². The topological polar surface area (TPSA) is 74.6 Å². The van der Waals surface area contributed by atoms with Crippen LogP contribution in [0.25, 0.3) is 10.2 Å². The smallest absolute Gasteiger partial charge is 0.234 e. The Balaban J connectivity index is 1.44. The van der Waals surface area contributed by atoms with Crippen molar-refractivity contribution in [1.29, 1.82) is 0 Å². The highest BCUT2D eigenvalue weighted by molar-refractivity contribution is 9.11. The molecule has 0 spiro atoms. The number of nitrogens with zero attached hydrogens (tertiary/aromatic N) is 2. The summed E-state index contributed by atoms with van der Waals surface area (Å²) in [4.78, 5) is 21.9. The normalized spacial score (nSPS) is 11.4. The van der Waals surface area contributed by atoms with Crippen LogP contribution in [0, 0.1) is 0 Å². The lowest BCUT2D eigenvalue weighted by atomic mass is 10.0. The number of nitrogens with one attached hydrogen (secondary N) is 1. The Morgan fingerprint density at radius 3 is 2.60 bits per heavy atom. The van der Waals surface area contributed by atoms with Gasteiger partial charge in [0.2, 0.25) is 5.91 Å². The zero-order valence-corrected chi connectivity index (χ0v) is 23.9. The number of phenolic OH excluding ortho intramolecular Hbond substituents is 1. The van der Waals surface area contributed by atoms with Crippen LogP contribution in [0.2, 0.25) is 0 Å². The number of thioether (sulfide) groups is 1. The number of aromatic hydroxyl groups is 1. The van der Waals surface area contributed by atoms with Gasteiger partial charge in [0, 0.05) is 21.9 Å². The molecule has 0 atom stereocenters. The number of para-hydroxylation sites is 1. The number of halogens is 2. The van der Waals surface area contributed by atoms with Crippen LogP contribution in [-0.4, -0.2) is 28.0 Å². The highest BCUT2D eigenvalue weighted by Crippen LogP contribution is 2.34. The molecule has 0 aliphatic rings. The lowest BCUT2D eigenvalue weighted by Gasteiger charge is -2.14. The molecule has 9 heteroatoms. The van der Waals surface area contributed by atoms with Gasteiger partial charge in [0.25, 0.3) is 0 Å². The summed E-state index contributed by atoms with van der Waals surface area (Å²) in [6.07, 6.45) is 3.38. The SMILES string of the molecule is CCc1cccc(CC)c1NC(=O)CSc1nc2ccc(N=Cc3cc(Br)cc(Br)c3O)cc2s1. The molecular weight excluding hydrogens is 610 g/mol. The molecule has 4 aromatic rings. The van der Waals surface area contributed by atoms with E-state index in [1.54, 1.807) is 18.3 Å². The first-order valence-electron chi connectivity index (χ1n) is 11.0. The first-order chi connectivity index (χ1) is 16.9. The van der Waals surface area contributed by atoms with E-state index in [0.717, 1.165) is 54.4 Å². The Bertz CT molecular complexity index is 1400. The van der Waals surface area contributed by atoms with Crippen LogP contribution in [0.1, 0.15) is 30.5 Å². The number of fused-ring (bicyclic) bond motifs is 1. The van der Waals surface area contributed by atoms with Gasteiger partial charge in [-0.1, -0.05) is 59.7 Å². The van der Waals surface area contributed by atoms with Gasteiger partial charge in [-0.05, 0) is 70.2 Å². The van der Waals surface area contributed by atoms with Gasteiger partial charge < -0.3 is 10.4 Å². The molecule has 0 aliphatic carbocycles. The molecule has 0 saturated carbocycles. The maximum atomic E-state index is 12.7. The van der Waals surface area contributed by atoms with E-state index in [0.29, 0.717) is 15.8 Å². The quantitative estimate of drug-likeness (QED) is 0.152. The second-order valence-electron chi connectivity index (χ2n) is 7.71. The first-order valence-corrected chi connectivity index (χ1v) is 14.4. The molecule has 0 bridgehead atoms. The lowest BCUT2D eigenvalue weighted by Crippen LogP contribution is -2.16. The van der Waals surface area contributed by atoms with E-state index in [1.807, 2.05) is 24.3 Å². The van der Waals surface area contributed by atoms with Crippen LogP contribution in [0.3, 0.4) is 0 Å². The summed E-state index contributed by atoms with van der Waals surface area (Å²) in [6.45, 7) is 4.19. The number of anilines is 1. The van der Waals surface area contributed by atoms with Crippen molar-refractivity contribution < 1.29 is 9.90 Å². The van der Waals surface area contributed by atoms with Crippen molar-refractivity contribution in [3.63, 3.8) is 0 Å². The monoisotopic (exact) mass is 631 g/mol. The van der Waals surface area contributed by atoms with Gasteiger partial charge >= 0.3 is 0 Å². The number of carbonyl (C=O) groups is 1. The van der Waals surface area contributed by atoms with Gasteiger partial charge in [0.15, 0.2) is 4.34 Å². The van der Waals surface area contributed by atoms with Gasteiger partial charge in [0.05, 0.1) is 26.1 Å². The molecule has 180 valence electrons. The molecule has 35 heavy (non-hydrogen) atoms. The Kier molecular flexibility index (Phi) is 8.64. The Morgan fingerprint density at radius 1 is 1.14 bits per heavy atom. The highest BCUT2D eigenvalue weighted by atomic mass is 79.9. The van der Waals surface area contributed by atoms with Crippen molar-refractivity contribution in [3.05, 3.63) is 74.2 Å². The maximum absolute atomic E-state index is 12.7. The number of benzene rings is 3. The molecule has 2 N–H and O–H groups in total. The number of rotatable bonds is 8. The van der Waals surface area contributed by atoms with Crippen molar-refractivity contribution in [2.75, 3.05) is 11.1 Å². The van der Waals surface area contributed by atoms with Crippen molar-refractivity contribution >= 4 is 88.7 Å². The number of aliphatic imine (C=N–C) groups is 1. The molecular formula is C26H23Br2N3O2S2. The summed E-state index contributed by atoms with van der Waals surface area (Å²) in [5, 5.41) is 13.3. The number of aromatic nitrogens is 1. The largest absolute Gasteiger partial charge is 0.506 e. The third-order valence-electron chi connectivity index (χ3n) is 5.35. The zero-order chi connectivity index (χ0) is 24.9. The average molecular weight is 633 g/mol. The van der Waals surface area contributed by atoms with Crippen LogP contribution in [0.15, 0.2) is 66.8 Å². The fourth-order valence-corrected chi connectivity index (χ4v) is 6.73. The van der Waals surface area contributed by atoms with Crippen molar-refractivity contribution in [3.8, 4) is 5.75 Å². The number of amides is 1. The van der Waals surface area contributed by atoms with Crippen LogP contribution in [0.5, 0.6) is 5.75 Å². The van der Waals surface area contributed by atoms with E-state index >= 15 is 0 Å². The Labute approximate surface area is 229 Å². The molecule has 1 heterocycles. The summed E-state index contributed by atoms with van der Waals surface area (Å²) in [6, 6.07) is 15.5. The number of hydrogen-bond donors (Lipinski definition) is 2. The van der Waals surface area contributed by atoms with Gasteiger partial charge in [0.1, 0.15) is 5.75 Å². The molecule has 1 aromatic heterocycles. The van der Waals surface area contributed by atoms with Crippen molar-refractivity contribution in [2.24, 2.45) is 4.99 Å². The summed E-state index contributed by atoms with van der Waals surface area (Å²) in [5.74, 6) is 0.402. The number of phenols is 1. The molecule has 0 radical (unpaired) electrons. The highest BCUT2D eigenvalue weighted by Gasteiger charge is 2.12. The fraction of sp³-hybridized carbons (Fsp3) is 0.192. The third kappa shape index (κ3) is 6.33. The van der Waals surface area contributed by atoms with E-state index < -0.39 is 0 Å². The lowest BCUT2D eigenvalue weighted by molar-refractivity contribution is -0.113. The van der Waals surface area contributed by atoms with Crippen LogP contribution in [-0.2, 0) is 17.6 Å². The van der Waals surface area contributed by atoms with E-state index in [9.17, 15) is 9.90 Å². The molecule has 0 aliphatic heterocycles. The fourth-order valence-electron chi connectivity index (χ4n) is 3.57. The van der Waals surface area contributed by atoms with E-state index in [1.165, 1.54) is 23.1 Å². The number of carbonyl (C=O) groups excluding carboxylic acids is 1. The Morgan fingerprint density at radius 2 is 1.89 bits per heavy atom. The summed E-state index contributed by atoms with van der Waals surface area (Å²) in [5.41, 5.74) is 5.48. The molecule has 0 fully saturated rings. The molecule has 3 aromatic carbocycles. The minimum Gasteiger partial charge on any atom is -0.506 e. The van der Waals surface area contributed by atoms with Crippen molar-refractivity contribution in [1.82, 2.24) is 4.98 Å². The first kappa shape index (κ1) is 25.9. The average Bonchev–Trinajstić information content (AvgIpc) is 3.26. The maximum Gasteiger partial charge on any atom is 0.234 e. The molecule has 0 saturated heterocycles.